The minimum absolute atomic E-state index is 0.0524. The molecule has 0 unspecified atom stereocenters. The minimum Gasteiger partial charge on any atom is -0.354 e. The third-order valence-corrected chi connectivity index (χ3v) is 5.25. The summed E-state index contributed by atoms with van der Waals surface area (Å²) in [6.07, 6.45) is 1.38. The number of carbonyl (C=O) groups excluding carboxylic acids is 2. The summed E-state index contributed by atoms with van der Waals surface area (Å²) in [5.74, 6) is -0.370. The Morgan fingerprint density at radius 1 is 0.879 bits per heavy atom. The molecule has 0 saturated heterocycles. The number of benzene rings is 2. The van der Waals surface area contributed by atoms with E-state index < -0.39 is 5.69 Å². The lowest BCUT2D eigenvalue weighted by Gasteiger charge is -2.14. The quantitative estimate of drug-likeness (QED) is 0.462. The SMILES string of the molecule is CC(C)NC(=O)CCCCn1c(=O)c2ccccc2n(CC(=O)NCc2ccccc2)c1=O. The Morgan fingerprint density at radius 3 is 2.30 bits per heavy atom. The van der Waals surface area contributed by atoms with Crippen LogP contribution in [0.2, 0.25) is 0 Å². The van der Waals surface area contributed by atoms with Crippen LogP contribution >= 0.6 is 0 Å². The van der Waals surface area contributed by atoms with Crippen LogP contribution in [0.3, 0.4) is 0 Å². The first kappa shape index (κ1) is 24.0. The Kier molecular flexibility index (Phi) is 8.18. The molecule has 174 valence electrons. The van der Waals surface area contributed by atoms with Crippen LogP contribution in [0, 0.1) is 0 Å². The Balaban J connectivity index is 1.76. The van der Waals surface area contributed by atoms with Crippen LogP contribution in [0.15, 0.2) is 64.2 Å². The van der Waals surface area contributed by atoms with Crippen molar-refractivity contribution < 1.29 is 9.59 Å². The molecular formula is C25H30N4O4. The van der Waals surface area contributed by atoms with Gasteiger partial charge in [-0.15, -0.1) is 0 Å². The van der Waals surface area contributed by atoms with Crippen LogP contribution in [0.25, 0.3) is 10.9 Å². The maximum Gasteiger partial charge on any atom is 0.331 e. The zero-order valence-corrected chi connectivity index (χ0v) is 19.0. The summed E-state index contributed by atoms with van der Waals surface area (Å²) in [5.41, 5.74) is 0.466. The fraction of sp³-hybridized carbons (Fsp3) is 0.360. The summed E-state index contributed by atoms with van der Waals surface area (Å²) in [6.45, 7) is 4.13. The van der Waals surface area contributed by atoms with Gasteiger partial charge in [0.05, 0.1) is 10.9 Å². The van der Waals surface area contributed by atoms with Gasteiger partial charge in [-0.3, -0.25) is 23.5 Å². The average molecular weight is 451 g/mol. The summed E-state index contributed by atoms with van der Waals surface area (Å²) >= 11 is 0. The van der Waals surface area contributed by atoms with Crippen LogP contribution in [0.5, 0.6) is 0 Å². The van der Waals surface area contributed by atoms with Gasteiger partial charge in [0.25, 0.3) is 5.56 Å². The number of unbranched alkanes of at least 4 members (excludes halogenated alkanes) is 1. The Hall–Kier alpha value is -3.68. The van der Waals surface area contributed by atoms with Gasteiger partial charge in [-0.25, -0.2) is 4.79 Å². The molecule has 33 heavy (non-hydrogen) atoms. The van der Waals surface area contributed by atoms with E-state index >= 15 is 0 Å². The molecule has 3 aromatic rings. The van der Waals surface area contributed by atoms with Gasteiger partial charge in [0.1, 0.15) is 6.54 Å². The van der Waals surface area contributed by atoms with Crippen LogP contribution in [-0.2, 0) is 29.2 Å². The number of nitrogens with one attached hydrogen (secondary N) is 2. The molecule has 0 aliphatic carbocycles. The first-order valence-corrected chi connectivity index (χ1v) is 11.2. The predicted octanol–water partition coefficient (Wildman–Crippen LogP) is 2.17. The van der Waals surface area contributed by atoms with E-state index in [-0.39, 0.29) is 36.5 Å². The molecule has 1 aromatic heterocycles. The molecular weight excluding hydrogens is 420 g/mol. The molecule has 0 bridgehead atoms. The lowest BCUT2D eigenvalue weighted by atomic mass is 10.2. The van der Waals surface area contributed by atoms with Crippen LogP contribution in [-0.4, -0.2) is 27.0 Å². The molecule has 2 aromatic carbocycles. The summed E-state index contributed by atoms with van der Waals surface area (Å²) in [4.78, 5) is 50.5. The van der Waals surface area contributed by atoms with Crippen molar-refractivity contribution in [1.29, 1.82) is 0 Å². The van der Waals surface area contributed by atoms with Gasteiger partial charge in [0.2, 0.25) is 11.8 Å². The fourth-order valence-electron chi connectivity index (χ4n) is 3.67. The summed E-state index contributed by atoms with van der Waals surface area (Å²) < 4.78 is 2.50. The predicted molar refractivity (Wildman–Crippen MR) is 128 cm³/mol. The first-order valence-electron chi connectivity index (χ1n) is 11.2. The average Bonchev–Trinajstić information content (AvgIpc) is 2.80. The van der Waals surface area contributed by atoms with Crippen molar-refractivity contribution >= 4 is 22.7 Å². The van der Waals surface area contributed by atoms with Gasteiger partial charge in [0.15, 0.2) is 0 Å². The van der Waals surface area contributed by atoms with E-state index in [9.17, 15) is 19.2 Å². The van der Waals surface area contributed by atoms with Gasteiger partial charge in [0, 0.05) is 25.6 Å². The third kappa shape index (κ3) is 6.41. The van der Waals surface area contributed by atoms with E-state index in [0.717, 1.165) is 10.1 Å². The van der Waals surface area contributed by atoms with Gasteiger partial charge in [-0.1, -0.05) is 42.5 Å². The second-order valence-electron chi connectivity index (χ2n) is 8.28. The van der Waals surface area contributed by atoms with Crippen molar-refractivity contribution in [2.24, 2.45) is 0 Å². The van der Waals surface area contributed by atoms with Gasteiger partial charge >= 0.3 is 5.69 Å². The highest BCUT2D eigenvalue weighted by atomic mass is 16.2. The summed E-state index contributed by atoms with van der Waals surface area (Å²) in [6, 6.07) is 16.4. The molecule has 0 aliphatic heterocycles. The molecule has 3 rings (SSSR count). The first-order chi connectivity index (χ1) is 15.9. The number of nitrogens with zero attached hydrogens (tertiary/aromatic N) is 2. The summed E-state index contributed by atoms with van der Waals surface area (Å²) in [5, 5.41) is 6.03. The van der Waals surface area contributed by atoms with E-state index in [1.807, 2.05) is 44.2 Å². The molecule has 0 radical (unpaired) electrons. The smallest absolute Gasteiger partial charge is 0.331 e. The normalized spacial score (nSPS) is 11.0. The van der Waals surface area contributed by atoms with Crippen molar-refractivity contribution in [1.82, 2.24) is 19.8 Å². The number of para-hydroxylation sites is 1. The second kappa shape index (κ2) is 11.3. The largest absolute Gasteiger partial charge is 0.354 e. The molecule has 2 N–H and O–H groups in total. The number of aromatic nitrogens is 2. The topological polar surface area (TPSA) is 102 Å². The molecule has 2 amide bonds. The number of rotatable bonds is 10. The standard InChI is InChI=1S/C25H30N4O4/c1-18(2)27-22(30)14-8-9-15-28-24(32)20-12-6-7-13-21(20)29(25(28)33)17-23(31)26-16-19-10-4-3-5-11-19/h3-7,10-13,18H,8-9,14-17H2,1-2H3,(H,26,31)(H,27,30). The number of carbonyl (C=O) groups is 2. The Bertz CT molecular complexity index is 1230. The summed E-state index contributed by atoms with van der Waals surface area (Å²) in [7, 11) is 0. The number of hydrogen-bond donors (Lipinski definition) is 2. The zero-order valence-electron chi connectivity index (χ0n) is 19.0. The number of fused-ring (bicyclic) bond motifs is 1. The second-order valence-corrected chi connectivity index (χ2v) is 8.28. The maximum atomic E-state index is 13.2. The molecule has 0 saturated carbocycles. The van der Waals surface area contributed by atoms with Gasteiger partial charge < -0.3 is 10.6 Å². The Labute approximate surface area is 192 Å². The van der Waals surface area contributed by atoms with E-state index in [0.29, 0.717) is 36.7 Å². The molecule has 8 nitrogen and oxygen atoms in total. The molecule has 0 aliphatic rings. The van der Waals surface area contributed by atoms with Crippen LogP contribution in [0.4, 0.5) is 0 Å². The minimum atomic E-state index is -0.528. The van der Waals surface area contributed by atoms with Crippen molar-refractivity contribution in [3.8, 4) is 0 Å². The molecule has 0 atom stereocenters. The van der Waals surface area contributed by atoms with E-state index in [4.69, 9.17) is 0 Å². The lowest BCUT2D eigenvalue weighted by molar-refractivity contribution is -0.122. The maximum absolute atomic E-state index is 13.2. The van der Waals surface area contributed by atoms with Crippen molar-refractivity contribution in [3.05, 3.63) is 81.0 Å². The van der Waals surface area contributed by atoms with Crippen molar-refractivity contribution in [3.63, 3.8) is 0 Å². The van der Waals surface area contributed by atoms with E-state index in [2.05, 4.69) is 10.6 Å². The Morgan fingerprint density at radius 2 is 1.58 bits per heavy atom. The molecule has 0 spiro atoms. The fourth-order valence-corrected chi connectivity index (χ4v) is 3.67. The molecule has 0 fully saturated rings. The van der Waals surface area contributed by atoms with Crippen LogP contribution in [0.1, 0.15) is 38.7 Å². The molecule has 8 heteroatoms. The molecule has 1 heterocycles. The zero-order chi connectivity index (χ0) is 23.8. The van der Waals surface area contributed by atoms with E-state index in [1.54, 1.807) is 24.3 Å². The number of amides is 2. The lowest BCUT2D eigenvalue weighted by Crippen LogP contribution is -2.42. The van der Waals surface area contributed by atoms with Gasteiger partial charge in [-0.05, 0) is 44.4 Å². The monoisotopic (exact) mass is 450 g/mol. The highest BCUT2D eigenvalue weighted by molar-refractivity contribution is 5.81. The van der Waals surface area contributed by atoms with Crippen molar-refractivity contribution in [2.75, 3.05) is 0 Å². The van der Waals surface area contributed by atoms with Crippen molar-refractivity contribution in [2.45, 2.75) is 58.8 Å². The highest BCUT2D eigenvalue weighted by Crippen LogP contribution is 2.08. The highest BCUT2D eigenvalue weighted by Gasteiger charge is 2.15. The van der Waals surface area contributed by atoms with Gasteiger partial charge in [-0.2, -0.15) is 0 Å². The van der Waals surface area contributed by atoms with E-state index in [1.165, 1.54) is 4.57 Å². The van der Waals surface area contributed by atoms with Crippen LogP contribution < -0.4 is 21.9 Å². The third-order valence-electron chi connectivity index (χ3n) is 5.25. The number of hydrogen-bond acceptors (Lipinski definition) is 4.